The molecular formula is C15H22N2O3. The van der Waals surface area contributed by atoms with Crippen molar-refractivity contribution in [3.05, 3.63) is 29.8 Å². The fourth-order valence-electron chi connectivity index (χ4n) is 2.34. The summed E-state index contributed by atoms with van der Waals surface area (Å²) in [6.45, 7) is 2.13. The molecule has 1 fully saturated rings. The summed E-state index contributed by atoms with van der Waals surface area (Å²) in [6, 6.07) is 6.69. The Morgan fingerprint density at radius 3 is 2.55 bits per heavy atom. The van der Waals surface area contributed by atoms with Gasteiger partial charge in [0.2, 0.25) is 0 Å². The second kappa shape index (κ2) is 6.72. The highest BCUT2D eigenvalue weighted by Crippen LogP contribution is 2.19. The van der Waals surface area contributed by atoms with E-state index in [1.54, 1.807) is 0 Å². The number of hydrogen-bond donors (Lipinski definition) is 2. The standard InChI is InChI=1S/C15H22N2O3/c1-17-8-6-13(7-9-17)20-12-4-2-11(3-5-12)10-14(16)15(18)19/h2-5,13-14H,6-10,16H2,1H3,(H,18,19)/t14-/m0/s1. The summed E-state index contributed by atoms with van der Waals surface area (Å²) >= 11 is 0. The van der Waals surface area contributed by atoms with Gasteiger partial charge in [-0.1, -0.05) is 12.1 Å². The number of benzene rings is 1. The van der Waals surface area contributed by atoms with E-state index in [9.17, 15) is 4.79 Å². The fraction of sp³-hybridized carbons (Fsp3) is 0.533. The van der Waals surface area contributed by atoms with Gasteiger partial charge >= 0.3 is 5.97 Å². The SMILES string of the molecule is CN1CCC(Oc2ccc(C[C@H](N)C(=O)O)cc2)CC1. The number of nitrogens with two attached hydrogens (primary N) is 1. The number of aliphatic carboxylic acids is 1. The van der Waals surface area contributed by atoms with Crippen molar-refractivity contribution in [2.45, 2.75) is 31.4 Å². The lowest BCUT2D eigenvalue weighted by Crippen LogP contribution is -2.35. The minimum absolute atomic E-state index is 0.276. The van der Waals surface area contributed by atoms with Gasteiger partial charge in [0.25, 0.3) is 0 Å². The van der Waals surface area contributed by atoms with Crippen molar-refractivity contribution in [2.75, 3.05) is 20.1 Å². The molecule has 1 aromatic carbocycles. The average molecular weight is 278 g/mol. The van der Waals surface area contributed by atoms with E-state index in [0.29, 0.717) is 6.42 Å². The van der Waals surface area contributed by atoms with Crippen LogP contribution in [0.3, 0.4) is 0 Å². The highest BCUT2D eigenvalue weighted by atomic mass is 16.5. The quantitative estimate of drug-likeness (QED) is 0.844. The van der Waals surface area contributed by atoms with Gasteiger partial charge in [-0.15, -0.1) is 0 Å². The molecule has 0 aliphatic carbocycles. The molecule has 20 heavy (non-hydrogen) atoms. The second-order valence-electron chi connectivity index (χ2n) is 5.41. The van der Waals surface area contributed by atoms with E-state index in [1.807, 2.05) is 24.3 Å². The predicted octanol–water partition coefficient (Wildman–Crippen LogP) is 1.11. The van der Waals surface area contributed by atoms with E-state index < -0.39 is 12.0 Å². The van der Waals surface area contributed by atoms with Crippen LogP contribution in [-0.2, 0) is 11.2 Å². The van der Waals surface area contributed by atoms with Crippen LogP contribution >= 0.6 is 0 Å². The van der Waals surface area contributed by atoms with Gasteiger partial charge in [-0.25, -0.2) is 0 Å². The molecule has 0 unspecified atom stereocenters. The molecule has 5 heteroatoms. The van der Waals surface area contributed by atoms with Crippen LogP contribution in [-0.4, -0.2) is 48.3 Å². The van der Waals surface area contributed by atoms with Crippen molar-refractivity contribution in [2.24, 2.45) is 5.73 Å². The molecule has 3 N–H and O–H groups in total. The third-order valence-corrected chi connectivity index (χ3v) is 3.66. The Morgan fingerprint density at radius 2 is 2.00 bits per heavy atom. The molecule has 0 radical (unpaired) electrons. The van der Waals surface area contributed by atoms with Gasteiger partial charge in [-0.05, 0) is 44.0 Å². The van der Waals surface area contributed by atoms with Crippen LogP contribution in [0.1, 0.15) is 18.4 Å². The van der Waals surface area contributed by atoms with Gasteiger partial charge < -0.3 is 20.5 Å². The molecule has 0 spiro atoms. The van der Waals surface area contributed by atoms with Gasteiger partial charge in [-0.2, -0.15) is 0 Å². The van der Waals surface area contributed by atoms with Crippen LogP contribution < -0.4 is 10.5 Å². The van der Waals surface area contributed by atoms with Gasteiger partial charge in [-0.3, -0.25) is 4.79 Å². The highest BCUT2D eigenvalue weighted by Gasteiger charge is 2.18. The lowest BCUT2D eigenvalue weighted by Gasteiger charge is -2.29. The molecule has 110 valence electrons. The topological polar surface area (TPSA) is 75.8 Å². The molecule has 1 aliphatic rings. The monoisotopic (exact) mass is 278 g/mol. The molecule has 1 heterocycles. The fourth-order valence-corrected chi connectivity index (χ4v) is 2.34. The number of carboxylic acid groups (broad SMARTS) is 1. The molecule has 1 saturated heterocycles. The number of piperidine rings is 1. The third kappa shape index (κ3) is 4.21. The van der Waals surface area contributed by atoms with E-state index in [-0.39, 0.29) is 6.10 Å². The van der Waals surface area contributed by atoms with Crippen molar-refractivity contribution in [1.29, 1.82) is 0 Å². The summed E-state index contributed by atoms with van der Waals surface area (Å²) in [5.74, 6) is -0.135. The Labute approximate surface area is 119 Å². The van der Waals surface area contributed by atoms with E-state index in [2.05, 4.69) is 11.9 Å². The van der Waals surface area contributed by atoms with Crippen LogP contribution in [0, 0.1) is 0 Å². The number of nitrogens with zero attached hydrogens (tertiary/aromatic N) is 1. The summed E-state index contributed by atoms with van der Waals surface area (Å²) in [5.41, 5.74) is 6.43. The molecule has 1 aromatic rings. The van der Waals surface area contributed by atoms with Crippen LogP contribution in [0.15, 0.2) is 24.3 Å². The first-order chi connectivity index (χ1) is 9.54. The van der Waals surface area contributed by atoms with E-state index in [4.69, 9.17) is 15.6 Å². The summed E-state index contributed by atoms with van der Waals surface area (Å²) in [7, 11) is 2.12. The lowest BCUT2D eigenvalue weighted by atomic mass is 10.1. The number of ether oxygens (including phenoxy) is 1. The van der Waals surface area contributed by atoms with Gasteiger partial charge in [0.1, 0.15) is 17.9 Å². The summed E-state index contributed by atoms with van der Waals surface area (Å²) in [5, 5.41) is 8.78. The normalized spacial score (nSPS) is 18.7. The molecule has 1 atom stereocenters. The van der Waals surface area contributed by atoms with Gasteiger partial charge in [0.05, 0.1) is 0 Å². The maximum Gasteiger partial charge on any atom is 0.320 e. The Morgan fingerprint density at radius 1 is 1.40 bits per heavy atom. The zero-order chi connectivity index (χ0) is 14.5. The molecule has 0 bridgehead atoms. The van der Waals surface area contributed by atoms with Crippen molar-refractivity contribution in [3.63, 3.8) is 0 Å². The zero-order valence-corrected chi connectivity index (χ0v) is 11.8. The maximum absolute atomic E-state index is 10.7. The molecular weight excluding hydrogens is 256 g/mol. The Bertz CT molecular complexity index is 439. The predicted molar refractivity (Wildman–Crippen MR) is 76.9 cm³/mol. The lowest BCUT2D eigenvalue weighted by molar-refractivity contribution is -0.138. The zero-order valence-electron chi connectivity index (χ0n) is 11.8. The smallest absolute Gasteiger partial charge is 0.320 e. The van der Waals surface area contributed by atoms with Gasteiger partial charge in [0, 0.05) is 13.1 Å². The van der Waals surface area contributed by atoms with E-state index >= 15 is 0 Å². The second-order valence-corrected chi connectivity index (χ2v) is 5.41. The van der Waals surface area contributed by atoms with Crippen molar-refractivity contribution in [3.8, 4) is 5.75 Å². The van der Waals surface area contributed by atoms with Crippen LogP contribution in [0.2, 0.25) is 0 Å². The third-order valence-electron chi connectivity index (χ3n) is 3.66. The summed E-state index contributed by atoms with van der Waals surface area (Å²) in [6.07, 6.45) is 2.70. The van der Waals surface area contributed by atoms with Crippen LogP contribution in [0.25, 0.3) is 0 Å². The Hall–Kier alpha value is -1.59. The average Bonchev–Trinajstić information content (AvgIpc) is 2.43. The maximum atomic E-state index is 10.7. The number of rotatable bonds is 5. The number of hydrogen-bond acceptors (Lipinski definition) is 4. The molecule has 0 amide bonds. The first kappa shape index (κ1) is 14.8. The molecule has 5 nitrogen and oxygen atoms in total. The number of likely N-dealkylation sites (tertiary alicyclic amines) is 1. The first-order valence-electron chi connectivity index (χ1n) is 6.97. The summed E-state index contributed by atoms with van der Waals surface area (Å²) < 4.78 is 5.94. The van der Waals surface area contributed by atoms with Crippen molar-refractivity contribution >= 4 is 5.97 Å². The van der Waals surface area contributed by atoms with Crippen LogP contribution in [0.5, 0.6) is 5.75 Å². The van der Waals surface area contributed by atoms with Crippen molar-refractivity contribution in [1.82, 2.24) is 4.90 Å². The van der Waals surface area contributed by atoms with Crippen LogP contribution in [0.4, 0.5) is 0 Å². The van der Waals surface area contributed by atoms with E-state index in [0.717, 1.165) is 37.2 Å². The summed E-state index contributed by atoms with van der Waals surface area (Å²) in [4.78, 5) is 13.0. The first-order valence-corrected chi connectivity index (χ1v) is 6.97. The molecule has 2 rings (SSSR count). The van der Waals surface area contributed by atoms with Crippen molar-refractivity contribution < 1.29 is 14.6 Å². The highest BCUT2D eigenvalue weighted by molar-refractivity contribution is 5.73. The minimum Gasteiger partial charge on any atom is -0.490 e. The van der Waals surface area contributed by atoms with E-state index in [1.165, 1.54) is 0 Å². The molecule has 0 aromatic heterocycles. The van der Waals surface area contributed by atoms with Gasteiger partial charge in [0.15, 0.2) is 0 Å². The number of carboxylic acids is 1. The Kier molecular flexibility index (Phi) is 4.98. The number of carbonyl (C=O) groups is 1. The largest absolute Gasteiger partial charge is 0.490 e. The molecule has 1 aliphatic heterocycles. The Balaban J connectivity index is 1.86. The minimum atomic E-state index is -0.975. The molecule has 0 saturated carbocycles.